The Hall–Kier alpha value is -2.34. The van der Waals surface area contributed by atoms with Crippen molar-refractivity contribution in [2.45, 2.75) is 38.2 Å². The highest BCUT2D eigenvalue weighted by Gasteiger charge is 2.16. The predicted octanol–water partition coefficient (Wildman–Crippen LogP) is 2.97. The fourth-order valence-corrected chi connectivity index (χ4v) is 2.87. The van der Waals surface area contributed by atoms with Crippen LogP contribution in [-0.2, 0) is 16.0 Å². The van der Waals surface area contributed by atoms with Gasteiger partial charge in [0.05, 0.1) is 18.9 Å². The van der Waals surface area contributed by atoms with Crippen LogP contribution in [0.1, 0.15) is 31.4 Å². The Morgan fingerprint density at radius 1 is 1.36 bits per heavy atom. The maximum atomic E-state index is 11.9. The van der Waals surface area contributed by atoms with E-state index in [1.807, 2.05) is 24.3 Å². The predicted molar refractivity (Wildman–Crippen MR) is 93.4 cm³/mol. The molecule has 0 aliphatic carbocycles. The first-order valence-corrected chi connectivity index (χ1v) is 8.72. The van der Waals surface area contributed by atoms with Crippen LogP contribution in [0.5, 0.6) is 5.75 Å². The minimum Gasteiger partial charge on any atom is -0.497 e. The number of benzene rings is 1. The highest BCUT2D eigenvalue weighted by molar-refractivity contribution is 5.75. The molecule has 1 aliphatic rings. The molecular formula is C19H24N2O4. The lowest BCUT2D eigenvalue weighted by molar-refractivity contribution is -0.121. The average molecular weight is 344 g/mol. The number of aromatic nitrogens is 1. The molecule has 25 heavy (non-hydrogen) atoms. The van der Waals surface area contributed by atoms with Crippen molar-refractivity contribution in [3.8, 4) is 17.2 Å². The topological polar surface area (TPSA) is 73.6 Å². The van der Waals surface area contributed by atoms with E-state index in [0.717, 1.165) is 42.9 Å². The molecule has 0 bridgehead atoms. The highest BCUT2D eigenvalue weighted by atomic mass is 16.5. The van der Waals surface area contributed by atoms with Crippen LogP contribution in [0.3, 0.4) is 0 Å². The quantitative estimate of drug-likeness (QED) is 0.797. The third-order valence-corrected chi connectivity index (χ3v) is 4.31. The number of carbonyl (C=O) groups excluding carboxylic acids is 1. The maximum Gasteiger partial charge on any atom is 0.226 e. The second-order valence-corrected chi connectivity index (χ2v) is 6.15. The van der Waals surface area contributed by atoms with Gasteiger partial charge >= 0.3 is 0 Å². The number of hydrogen-bond donors (Lipinski definition) is 1. The van der Waals surface area contributed by atoms with Crippen molar-refractivity contribution in [2.75, 3.05) is 20.3 Å². The van der Waals surface area contributed by atoms with Gasteiger partial charge in [0, 0.05) is 31.6 Å². The fourth-order valence-electron chi connectivity index (χ4n) is 2.87. The lowest BCUT2D eigenvalue weighted by Gasteiger charge is -2.08. The van der Waals surface area contributed by atoms with Gasteiger partial charge in [-0.05, 0) is 43.5 Å². The van der Waals surface area contributed by atoms with Gasteiger partial charge in [-0.2, -0.15) is 0 Å². The fraction of sp³-hybridized carbons (Fsp3) is 0.474. The molecule has 2 aromatic rings. The molecule has 0 unspecified atom stereocenters. The summed E-state index contributed by atoms with van der Waals surface area (Å²) in [4.78, 5) is 16.3. The molecule has 0 spiro atoms. The molecule has 6 nitrogen and oxygen atoms in total. The molecule has 1 atom stereocenters. The summed E-state index contributed by atoms with van der Waals surface area (Å²) in [6, 6.07) is 7.55. The van der Waals surface area contributed by atoms with Crippen LogP contribution in [-0.4, -0.2) is 37.3 Å². The zero-order chi connectivity index (χ0) is 17.5. The summed E-state index contributed by atoms with van der Waals surface area (Å²) >= 11 is 0. The molecule has 2 heterocycles. The molecule has 3 rings (SSSR count). The second-order valence-electron chi connectivity index (χ2n) is 6.15. The molecular weight excluding hydrogens is 320 g/mol. The van der Waals surface area contributed by atoms with Gasteiger partial charge in [0.2, 0.25) is 11.8 Å². The van der Waals surface area contributed by atoms with Gasteiger partial charge in [-0.1, -0.05) is 0 Å². The lowest BCUT2D eigenvalue weighted by Crippen LogP contribution is -2.26. The summed E-state index contributed by atoms with van der Waals surface area (Å²) in [5, 5.41) is 2.93. The standard InChI is InChI=1S/C19H24N2O4/c1-23-16-6-4-14(5-7-16)19-21-15(13-25-19)10-11-20-18(22)9-8-17-3-2-12-24-17/h4-7,13,17H,2-3,8-12H2,1H3,(H,20,22)/t17-/m0/s1. The molecule has 0 saturated carbocycles. The van der Waals surface area contributed by atoms with Crippen molar-refractivity contribution in [3.05, 3.63) is 36.2 Å². The first kappa shape index (κ1) is 17.5. The monoisotopic (exact) mass is 344 g/mol. The first-order valence-electron chi connectivity index (χ1n) is 8.72. The molecule has 1 saturated heterocycles. The molecule has 1 fully saturated rings. The van der Waals surface area contributed by atoms with Crippen molar-refractivity contribution in [2.24, 2.45) is 0 Å². The zero-order valence-corrected chi connectivity index (χ0v) is 14.5. The van der Waals surface area contributed by atoms with E-state index in [-0.39, 0.29) is 12.0 Å². The number of nitrogens with zero attached hydrogens (tertiary/aromatic N) is 1. The van der Waals surface area contributed by atoms with Crippen LogP contribution >= 0.6 is 0 Å². The first-order chi connectivity index (χ1) is 12.2. The highest BCUT2D eigenvalue weighted by Crippen LogP contribution is 2.21. The molecule has 1 N–H and O–H groups in total. The Morgan fingerprint density at radius 3 is 2.92 bits per heavy atom. The van der Waals surface area contributed by atoms with E-state index in [0.29, 0.717) is 25.3 Å². The average Bonchev–Trinajstić information content (AvgIpc) is 3.32. The summed E-state index contributed by atoms with van der Waals surface area (Å²) in [7, 11) is 1.63. The van der Waals surface area contributed by atoms with E-state index >= 15 is 0 Å². The van der Waals surface area contributed by atoms with Crippen molar-refractivity contribution in [3.63, 3.8) is 0 Å². The van der Waals surface area contributed by atoms with E-state index in [4.69, 9.17) is 13.9 Å². The smallest absolute Gasteiger partial charge is 0.226 e. The summed E-state index contributed by atoms with van der Waals surface area (Å²) in [5.74, 6) is 1.43. The second kappa shape index (κ2) is 8.67. The number of rotatable bonds is 8. The Balaban J connectivity index is 1.41. The Labute approximate surface area is 147 Å². The largest absolute Gasteiger partial charge is 0.497 e. The zero-order valence-electron chi connectivity index (χ0n) is 14.5. The normalized spacial score (nSPS) is 16.8. The third kappa shape index (κ3) is 5.06. The van der Waals surface area contributed by atoms with Crippen molar-refractivity contribution < 1.29 is 18.7 Å². The number of ether oxygens (including phenoxy) is 2. The van der Waals surface area contributed by atoms with Crippen LogP contribution < -0.4 is 10.1 Å². The summed E-state index contributed by atoms with van der Waals surface area (Å²) in [5.41, 5.74) is 1.72. The number of nitrogens with one attached hydrogen (secondary N) is 1. The van der Waals surface area contributed by atoms with Gasteiger partial charge in [-0.3, -0.25) is 4.79 Å². The number of methoxy groups -OCH3 is 1. The summed E-state index contributed by atoms with van der Waals surface area (Å²) < 4.78 is 16.2. The Bertz CT molecular complexity index is 675. The number of amides is 1. The maximum absolute atomic E-state index is 11.9. The molecule has 1 amide bonds. The molecule has 1 aromatic carbocycles. The molecule has 1 aromatic heterocycles. The van der Waals surface area contributed by atoms with Crippen LogP contribution in [0.25, 0.3) is 11.5 Å². The van der Waals surface area contributed by atoms with Crippen molar-refractivity contribution in [1.82, 2.24) is 10.3 Å². The van der Waals surface area contributed by atoms with Crippen molar-refractivity contribution in [1.29, 1.82) is 0 Å². The lowest BCUT2D eigenvalue weighted by atomic mass is 10.1. The van der Waals surface area contributed by atoms with E-state index in [2.05, 4.69) is 10.3 Å². The SMILES string of the molecule is COc1ccc(-c2nc(CCNC(=O)CC[C@@H]3CCCO3)co2)cc1. The molecule has 1 aliphatic heterocycles. The van der Waals surface area contributed by atoms with Gasteiger partial charge in [0.25, 0.3) is 0 Å². The number of carbonyl (C=O) groups is 1. The Morgan fingerprint density at radius 2 is 2.20 bits per heavy atom. The summed E-state index contributed by atoms with van der Waals surface area (Å²) in [6.07, 6.45) is 6.03. The minimum absolute atomic E-state index is 0.0642. The number of oxazole rings is 1. The van der Waals surface area contributed by atoms with E-state index < -0.39 is 0 Å². The Kier molecular flexibility index (Phi) is 6.06. The molecule has 6 heteroatoms. The van der Waals surface area contributed by atoms with Gasteiger partial charge in [-0.25, -0.2) is 4.98 Å². The van der Waals surface area contributed by atoms with Gasteiger partial charge in [-0.15, -0.1) is 0 Å². The van der Waals surface area contributed by atoms with Gasteiger partial charge in [0.15, 0.2) is 0 Å². The van der Waals surface area contributed by atoms with Crippen molar-refractivity contribution >= 4 is 5.91 Å². The van der Waals surface area contributed by atoms with Gasteiger partial charge < -0.3 is 19.2 Å². The van der Waals surface area contributed by atoms with E-state index in [9.17, 15) is 4.79 Å². The van der Waals surface area contributed by atoms with Crippen LogP contribution in [0.2, 0.25) is 0 Å². The van der Waals surface area contributed by atoms with Crippen LogP contribution in [0.4, 0.5) is 0 Å². The van der Waals surface area contributed by atoms with Gasteiger partial charge in [0.1, 0.15) is 12.0 Å². The molecule has 134 valence electrons. The van der Waals surface area contributed by atoms with Crippen LogP contribution in [0.15, 0.2) is 34.9 Å². The minimum atomic E-state index is 0.0642. The van der Waals surface area contributed by atoms with E-state index in [1.54, 1.807) is 13.4 Å². The third-order valence-electron chi connectivity index (χ3n) is 4.31. The van der Waals surface area contributed by atoms with Crippen LogP contribution in [0, 0.1) is 0 Å². The number of hydrogen-bond acceptors (Lipinski definition) is 5. The van der Waals surface area contributed by atoms with E-state index in [1.165, 1.54) is 0 Å². The molecule has 0 radical (unpaired) electrons. The summed E-state index contributed by atoms with van der Waals surface area (Å²) in [6.45, 7) is 1.38.